The van der Waals surface area contributed by atoms with Gasteiger partial charge in [0.05, 0.1) is 32.7 Å². The molecule has 9 heteroatoms. The quantitative estimate of drug-likeness (QED) is 0.540. The summed E-state index contributed by atoms with van der Waals surface area (Å²) in [4.78, 5) is 11.3. The first kappa shape index (κ1) is 24.2. The zero-order chi connectivity index (χ0) is 24.4. The molecule has 7 nitrogen and oxygen atoms in total. The predicted molar refractivity (Wildman–Crippen MR) is 123 cm³/mol. The second-order valence-corrected chi connectivity index (χ2v) is 11.5. The normalized spacial score (nSPS) is 11.7. The fourth-order valence-electron chi connectivity index (χ4n) is 3.51. The minimum absolute atomic E-state index is 0.0390. The van der Waals surface area contributed by atoms with Gasteiger partial charge in [0.1, 0.15) is 0 Å². The molecule has 1 N–H and O–H groups in total. The lowest BCUT2D eigenvalue weighted by Crippen LogP contribution is -2.11. The molecular formula is C24H21NO6S2. The fraction of sp³-hybridized carbons (Fsp3) is 0.167. The molecule has 0 atom stereocenters. The van der Waals surface area contributed by atoms with E-state index < -0.39 is 31.4 Å². The SMILES string of the molecule is CCc1ccc(C(=O)O)cc1S(=O)(=O)Cc1cc(S(C)(=O)=O)ccc1-c1cccc(C#N)c1. The average Bonchev–Trinajstić information content (AvgIpc) is 2.77. The summed E-state index contributed by atoms with van der Waals surface area (Å²) in [5.74, 6) is -1.79. The van der Waals surface area contributed by atoms with Gasteiger partial charge in [-0.05, 0) is 65.1 Å². The topological polar surface area (TPSA) is 129 Å². The number of nitrogens with zero attached hydrogens (tertiary/aromatic N) is 1. The van der Waals surface area contributed by atoms with E-state index in [9.17, 15) is 32.0 Å². The van der Waals surface area contributed by atoms with Crippen molar-refractivity contribution >= 4 is 25.6 Å². The number of rotatable bonds is 7. The number of sulfone groups is 2. The van der Waals surface area contributed by atoms with Crippen LogP contribution in [0, 0.1) is 11.3 Å². The average molecular weight is 484 g/mol. The zero-order valence-electron chi connectivity index (χ0n) is 17.9. The molecule has 0 aliphatic rings. The lowest BCUT2D eigenvalue weighted by atomic mass is 9.99. The highest BCUT2D eigenvalue weighted by atomic mass is 32.2. The monoisotopic (exact) mass is 483 g/mol. The van der Waals surface area contributed by atoms with E-state index in [2.05, 4.69) is 0 Å². The van der Waals surface area contributed by atoms with Crippen molar-refractivity contribution in [3.8, 4) is 17.2 Å². The van der Waals surface area contributed by atoms with Crippen molar-refractivity contribution in [3.63, 3.8) is 0 Å². The maximum Gasteiger partial charge on any atom is 0.335 e. The third kappa shape index (κ3) is 5.30. The summed E-state index contributed by atoms with van der Waals surface area (Å²) >= 11 is 0. The van der Waals surface area contributed by atoms with Crippen LogP contribution in [0.25, 0.3) is 11.1 Å². The summed E-state index contributed by atoms with van der Waals surface area (Å²) in [5.41, 5.74) is 1.95. The Morgan fingerprint density at radius 3 is 2.30 bits per heavy atom. The van der Waals surface area contributed by atoms with Gasteiger partial charge in [-0.25, -0.2) is 21.6 Å². The van der Waals surface area contributed by atoms with Gasteiger partial charge in [-0.1, -0.05) is 31.2 Å². The summed E-state index contributed by atoms with van der Waals surface area (Å²) in [6.07, 6.45) is 1.40. The Kier molecular flexibility index (Phi) is 6.72. The van der Waals surface area contributed by atoms with Gasteiger partial charge in [-0.15, -0.1) is 0 Å². The maximum absolute atomic E-state index is 13.4. The highest BCUT2D eigenvalue weighted by Gasteiger charge is 2.24. The Morgan fingerprint density at radius 2 is 1.70 bits per heavy atom. The molecule has 3 aromatic rings. The molecule has 0 saturated heterocycles. The number of benzene rings is 3. The molecule has 0 heterocycles. The Bertz CT molecular complexity index is 1500. The van der Waals surface area contributed by atoms with Crippen LogP contribution in [0.1, 0.15) is 34.0 Å². The van der Waals surface area contributed by atoms with E-state index in [0.717, 1.165) is 12.3 Å². The summed E-state index contributed by atoms with van der Waals surface area (Å²) < 4.78 is 51.1. The molecule has 0 aromatic heterocycles. The Balaban J connectivity index is 2.22. The molecular weight excluding hydrogens is 462 g/mol. The van der Waals surface area contributed by atoms with Crippen LogP contribution in [0.5, 0.6) is 0 Å². The lowest BCUT2D eigenvalue weighted by molar-refractivity contribution is 0.0696. The third-order valence-electron chi connectivity index (χ3n) is 5.18. The van der Waals surface area contributed by atoms with E-state index in [0.29, 0.717) is 28.7 Å². The molecule has 170 valence electrons. The van der Waals surface area contributed by atoms with Gasteiger partial charge < -0.3 is 5.11 Å². The molecule has 0 aliphatic carbocycles. The van der Waals surface area contributed by atoms with Gasteiger partial charge in [0, 0.05) is 6.26 Å². The van der Waals surface area contributed by atoms with E-state index in [4.69, 9.17) is 0 Å². The van der Waals surface area contributed by atoms with Gasteiger partial charge in [0.25, 0.3) is 0 Å². The molecule has 0 fully saturated rings. The number of nitriles is 1. The van der Waals surface area contributed by atoms with Gasteiger partial charge in [0.15, 0.2) is 19.7 Å². The van der Waals surface area contributed by atoms with E-state index in [1.54, 1.807) is 31.2 Å². The molecule has 0 saturated carbocycles. The first-order chi connectivity index (χ1) is 15.5. The van der Waals surface area contributed by atoms with Crippen LogP contribution in [0.15, 0.2) is 70.5 Å². The van der Waals surface area contributed by atoms with E-state index in [1.807, 2.05) is 6.07 Å². The number of carboxylic acid groups (broad SMARTS) is 1. The largest absolute Gasteiger partial charge is 0.478 e. The van der Waals surface area contributed by atoms with E-state index in [-0.39, 0.29) is 20.9 Å². The smallest absolute Gasteiger partial charge is 0.335 e. The van der Waals surface area contributed by atoms with Crippen LogP contribution in [0.2, 0.25) is 0 Å². The van der Waals surface area contributed by atoms with Crippen molar-refractivity contribution in [2.45, 2.75) is 28.9 Å². The van der Waals surface area contributed by atoms with Gasteiger partial charge >= 0.3 is 5.97 Å². The molecule has 3 aromatic carbocycles. The van der Waals surface area contributed by atoms with Crippen LogP contribution < -0.4 is 0 Å². The van der Waals surface area contributed by atoms with Crippen LogP contribution in [-0.2, 0) is 31.8 Å². The molecule has 0 aliphatic heterocycles. The van der Waals surface area contributed by atoms with Crippen molar-refractivity contribution < 1.29 is 26.7 Å². The lowest BCUT2D eigenvalue weighted by Gasteiger charge is -2.15. The molecule has 33 heavy (non-hydrogen) atoms. The summed E-state index contributed by atoms with van der Waals surface area (Å²) in [7, 11) is -7.66. The fourth-order valence-corrected chi connectivity index (χ4v) is 5.90. The highest BCUT2D eigenvalue weighted by molar-refractivity contribution is 7.91. The van der Waals surface area contributed by atoms with Crippen LogP contribution in [-0.4, -0.2) is 34.2 Å². The number of aromatic carboxylic acids is 1. The second-order valence-electron chi connectivity index (χ2n) is 7.52. The van der Waals surface area contributed by atoms with Crippen LogP contribution >= 0.6 is 0 Å². The first-order valence-corrected chi connectivity index (χ1v) is 13.4. The summed E-state index contributed by atoms with van der Waals surface area (Å²) in [5, 5.41) is 18.5. The molecule has 0 spiro atoms. The van der Waals surface area contributed by atoms with Gasteiger partial charge in [0.2, 0.25) is 0 Å². The maximum atomic E-state index is 13.4. The van der Waals surface area contributed by atoms with E-state index in [1.165, 1.54) is 30.3 Å². The van der Waals surface area contributed by atoms with Crippen LogP contribution in [0.3, 0.4) is 0 Å². The molecule has 0 radical (unpaired) electrons. The van der Waals surface area contributed by atoms with Crippen molar-refractivity contribution in [2.24, 2.45) is 0 Å². The highest BCUT2D eigenvalue weighted by Crippen LogP contribution is 2.31. The van der Waals surface area contributed by atoms with Crippen molar-refractivity contribution in [3.05, 3.63) is 82.9 Å². The van der Waals surface area contributed by atoms with Gasteiger partial charge in [-0.3, -0.25) is 0 Å². The summed E-state index contributed by atoms with van der Waals surface area (Å²) in [6.45, 7) is 1.76. The number of hydrogen-bond acceptors (Lipinski definition) is 6. The molecule has 0 unspecified atom stereocenters. The number of hydrogen-bond donors (Lipinski definition) is 1. The Morgan fingerprint density at radius 1 is 0.970 bits per heavy atom. The van der Waals surface area contributed by atoms with Crippen molar-refractivity contribution in [1.82, 2.24) is 0 Å². The Labute approximate surface area is 192 Å². The second kappa shape index (κ2) is 9.17. The van der Waals surface area contributed by atoms with E-state index >= 15 is 0 Å². The number of carbonyl (C=O) groups is 1. The molecule has 0 amide bonds. The number of aryl methyl sites for hydroxylation is 1. The van der Waals surface area contributed by atoms with Gasteiger partial charge in [-0.2, -0.15) is 5.26 Å². The molecule has 3 rings (SSSR count). The minimum Gasteiger partial charge on any atom is -0.478 e. The summed E-state index contributed by atoms with van der Waals surface area (Å²) in [6, 6.07) is 16.8. The Hall–Kier alpha value is -3.48. The molecule has 0 bridgehead atoms. The zero-order valence-corrected chi connectivity index (χ0v) is 19.6. The first-order valence-electron chi connectivity index (χ1n) is 9.88. The standard InChI is InChI=1S/C24H21NO6S2/c1-3-17-7-8-19(24(26)27)13-23(17)33(30,31)15-20-12-21(32(2,28)29)9-10-22(20)18-6-4-5-16(11-18)14-25/h4-13H,3,15H2,1-2H3,(H,26,27). The van der Waals surface area contributed by atoms with Crippen molar-refractivity contribution in [2.75, 3.05) is 6.26 Å². The minimum atomic E-state index is -4.04. The van der Waals surface area contributed by atoms with Crippen molar-refractivity contribution in [1.29, 1.82) is 5.26 Å². The number of carboxylic acids is 1. The van der Waals surface area contributed by atoms with Crippen LogP contribution in [0.4, 0.5) is 0 Å². The predicted octanol–water partition coefficient (Wildman–Crippen LogP) is 3.86. The third-order valence-corrected chi connectivity index (χ3v) is 8.03.